The summed E-state index contributed by atoms with van der Waals surface area (Å²) in [4.78, 5) is 11.9. The molecule has 0 radical (unpaired) electrons. The number of carbonyl (C=O) groups excluding carboxylic acids is 1. The van der Waals surface area contributed by atoms with Gasteiger partial charge in [-0.2, -0.15) is 0 Å². The van der Waals surface area contributed by atoms with Gasteiger partial charge < -0.3 is 14.8 Å². The monoisotopic (exact) mass is 273 g/mol. The third-order valence-electron chi connectivity index (χ3n) is 3.42. The van der Waals surface area contributed by atoms with E-state index in [4.69, 9.17) is 9.47 Å². The summed E-state index contributed by atoms with van der Waals surface area (Å²) in [7, 11) is 1.78. The smallest absolute Gasteiger partial charge is 0.326 e. The van der Waals surface area contributed by atoms with Crippen LogP contribution in [0.15, 0.2) is 0 Å². The molecule has 0 saturated heterocycles. The summed E-state index contributed by atoms with van der Waals surface area (Å²) in [5.74, 6) is 0.352. The fraction of sp³-hybridized carbons (Fsp3) is 0.933. The predicted molar refractivity (Wildman–Crippen MR) is 78.2 cm³/mol. The molecule has 19 heavy (non-hydrogen) atoms. The lowest BCUT2D eigenvalue weighted by Crippen LogP contribution is -2.50. The number of ether oxygens (including phenoxy) is 2. The van der Waals surface area contributed by atoms with E-state index in [1.165, 1.54) is 12.8 Å². The zero-order valence-electron chi connectivity index (χ0n) is 13.4. The first-order valence-corrected chi connectivity index (χ1v) is 7.37. The molecule has 0 heterocycles. The molecule has 0 amide bonds. The van der Waals surface area contributed by atoms with Crippen LogP contribution in [0.3, 0.4) is 0 Å². The summed E-state index contributed by atoms with van der Waals surface area (Å²) in [5.41, 5.74) is -0.677. The molecule has 0 saturated carbocycles. The Morgan fingerprint density at radius 2 is 1.95 bits per heavy atom. The van der Waals surface area contributed by atoms with Crippen molar-refractivity contribution in [2.45, 2.75) is 65.5 Å². The second kappa shape index (κ2) is 9.32. The van der Waals surface area contributed by atoms with E-state index in [1.54, 1.807) is 7.05 Å². The average molecular weight is 273 g/mol. The highest BCUT2D eigenvalue weighted by Crippen LogP contribution is 2.17. The lowest BCUT2D eigenvalue weighted by atomic mass is 9.95. The molecular formula is C15H31NO3. The van der Waals surface area contributed by atoms with Crippen LogP contribution in [-0.4, -0.2) is 37.9 Å². The molecule has 0 aromatic rings. The Bertz CT molecular complexity index is 258. The van der Waals surface area contributed by atoms with Crippen LogP contribution < -0.4 is 5.32 Å². The highest BCUT2D eigenvalue weighted by Gasteiger charge is 2.34. The highest BCUT2D eigenvalue weighted by molar-refractivity contribution is 5.80. The molecule has 1 N–H and O–H groups in total. The molecule has 0 aliphatic carbocycles. The summed E-state index contributed by atoms with van der Waals surface area (Å²) < 4.78 is 10.9. The number of likely N-dealkylation sites (N-methyl/N-ethyl adjacent to an activating group) is 1. The number of nitrogens with one attached hydrogen (secondary N) is 1. The maximum Gasteiger partial charge on any atom is 0.326 e. The Hall–Kier alpha value is -0.610. The Morgan fingerprint density at radius 1 is 1.32 bits per heavy atom. The van der Waals surface area contributed by atoms with Crippen LogP contribution in [0.4, 0.5) is 0 Å². The first-order valence-electron chi connectivity index (χ1n) is 7.37. The minimum Gasteiger partial charge on any atom is -0.465 e. The van der Waals surface area contributed by atoms with E-state index < -0.39 is 5.54 Å². The van der Waals surface area contributed by atoms with Crippen molar-refractivity contribution in [1.29, 1.82) is 0 Å². The Morgan fingerprint density at radius 3 is 2.42 bits per heavy atom. The topological polar surface area (TPSA) is 47.6 Å². The largest absolute Gasteiger partial charge is 0.465 e. The first-order chi connectivity index (χ1) is 8.89. The SMILES string of the molecule is CCCC(C)COC(C)CC(C)(NC)C(=O)OCC. The van der Waals surface area contributed by atoms with Gasteiger partial charge in [0, 0.05) is 13.0 Å². The van der Waals surface area contributed by atoms with Gasteiger partial charge in [-0.05, 0) is 40.2 Å². The summed E-state index contributed by atoms with van der Waals surface area (Å²) in [6, 6.07) is 0. The molecule has 0 spiro atoms. The average Bonchev–Trinajstić information content (AvgIpc) is 2.37. The van der Waals surface area contributed by atoms with Crippen molar-refractivity contribution in [1.82, 2.24) is 5.32 Å². The van der Waals surface area contributed by atoms with Crippen molar-refractivity contribution in [3.05, 3.63) is 0 Å². The van der Waals surface area contributed by atoms with E-state index in [0.29, 0.717) is 18.9 Å². The maximum absolute atomic E-state index is 11.9. The highest BCUT2D eigenvalue weighted by atomic mass is 16.5. The van der Waals surface area contributed by atoms with Crippen LogP contribution >= 0.6 is 0 Å². The van der Waals surface area contributed by atoms with Crippen molar-refractivity contribution < 1.29 is 14.3 Å². The third-order valence-corrected chi connectivity index (χ3v) is 3.42. The van der Waals surface area contributed by atoms with Gasteiger partial charge in [0.1, 0.15) is 5.54 Å². The zero-order valence-corrected chi connectivity index (χ0v) is 13.4. The van der Waals surface area contributed by atoms with Gasteiger partial charge in [-0.1, -0.05) is 20.3 Å². The van der Waals surface area contributed by atoms with Gasteiger partial charge in [-0.15, -0.1) is 0 Å². The lowest BCUT2D eigenvalue weighted by Gasteiger charge is -2.30. The first kappa shape index (κ1) is 18.4. The van der Waals surface area contributed by atoms with E-state index in [2.05, 4.69) is 19.2 Å². The summed E-state index contributed by atoms with van der Waals surface area (Å²) >= 11 is 0. The van der Waals surface area contributed by atoms with Crippen LogP contribution in [0.1, 0.15) is 53.9 Å². The van der Waals surface area contributed by atoms with Gasteiger partial charge in [0.25, 0.3) is 0 Å². The van der Waals surface area contributed by atoms with Gasteiger partial charge in [0.2, 0.25) is 0 Å². The minimum absolute atomic E-state index is 0.0289. The quantitative estimate of drug-likeness (QED) is 0.622. The van der Waals surface area contributed by atoms with Crippen molar-refractivity contribution in [3.63, 3.8) is 0 Å². The van der Waals surface area contributed by atoms with Crippen molar-refractivity contribution in [2.24, 2.45) is 5.92 Å². The van der Waals surface area contributed by atoms with Crippen molar-refractivity contribution in [3.8, 4) is 0 Å². The van der Waals surface area contributed by atoms with E-state index in [1.807, 2.05) is 20.8 Å². The molecule has 0 aliphatic heterocycles. The molecule has 0 aromatic carbocycles. The van der Waals surface area contributed by atoms with E-state index in [9.17, 15) is 4.79 Å². The summed E-state index contributed by atoms with van der Waals surface area (Å²) in [6.07, 6.45) is 2.99. The van der Waals surface area contributed by atoms with Crippen LogP contribution in [-0.2, 0) is 14.3 Å². The van der Waals surface area contributed by atoms with E-state index in [-0.39, 0.29) is 12.1 Å². The Balaban J connectivity index is 4.26. The molecule has 3 atom stereocenters. The maximum atomic E-state index is 11.9. The molecule has 0 rings (SSSR count). The fourth-order valence-electron chi connectivity index (χ4n) is 2.12. The summed E-state index contributed by atoms with van der Waals surface area (Å²) in [5, 5.41) is 3.05. The molecule has 0 bridgehead atoms. The van der Waals surface area contributed by atoms with Crippen molar-refractivity contribution >= 4 is 5.97 Å². The summed E-state index contributed by atoms with van der Waals surface area (Å²) in [6.45, 7) is 11.2. The van der Waals surface area contributed by atoms with Gasteiger partial charge in [-0.3, -0.25) is 4.79 Å². The molecule has 3 unspecified atom stereocenters. The second-order valence-corrected chi connectivity index (χ2v) is 5.54. The molecule has 114 valence electrons. The number of rotatable bonds is 10. The molecule has 4 heteroatoms. The number of hydrogen-bond acceptors (Lipinski definition) is 4. The van der Waals surface area contributed by atoms with Crippen LogP contribution in [0.2, 0.25) is 0 Å². The third kappa shape index (κ3) is 6.92. The standard InChI is InChI=1S/C15H31NO3/c1-7-9-12(3)11-19-13(4)10-15(5,16-6)14(17)18-8-2/h12-13,16H,7-11H2,1-6H3. The number of carbonyl (C=O) groups is 1. The minimum atomic E-state index is -0.677. The molecule has 4 nitrogen and oxygen atoms in total. The Labute approximate surface area is 118 Å². The molecule has 0 fully saturated rings. The Kier molecular flexibility index (Phi) is 9.02. The predicted octanol–water partition coefficient (Wildman–Crippen LogP) is 2.76. The van der Waals surface area contributed by atoms with Crippen LogP contribution in [0, 0.1) is 5.92 Å². The van der Waals surface area contributed by atoms with Gasteiger partial charge in [0.05, 0.1) is 12.7 Å². The zero-order chi connectivity index (χ0) is 14.9. The van der Waals surface area contributed by atoms with E-state index >= 15 is 0 Å². The molecule has 0 aliphatic rings. The fourth-order valence-corrected chi connectivity index (χ4v) is 2.12. The van der Waals surface area contributed by atoms with Crippen LogP contribution in [0.25, 0.3) is 0 Å². The van der Waals surface area contributed by atoms with Gasteiger partial charge in [-0.25, -0.2) is 0 Å². The number of hydrogen-bond donors (Lipinski definition) is 1. The van der Waals surface area contributed by atoms with E-state index in [0.717, 1.165) is 6.61 Å². The molecular weight excluding hydrogens is 242 g/mol. The van der Waals surface area contributed by atoms with Crippen LogP contribution in [0.5, 0.6) is 0 Å². The number of esters is 1. The van der Waals surface area contributed by atoms with Gasteiger partial charge >= 0.3 is 5.97 Å². The normalized spacial score (nSPS) is 17.6. The van der Waals surface area contributed by atoms with Gasteiger partial charge in [0.15, 0.2) is 0 Å². The molecule has 0 aromatic heterocycles. The second-order valence-electron chi connectivity index (χ2n) is 5.54. The van der Waals surface area contributed by atoms with Crippen molar-refractivity contribution in [2.75, 3.05) is 20.3 Å². The lowest BCUT2D eigenvalue weighted by molar-refractivity contribution is -0.152.